The van der Waals surface area contributed by atoms with E-state index in [2.05, 4.69) is 0 Å². The van der Waals surface area contributed by atoms with Gasteiger partial charge in [-0.25, -0.2) is 0 Å². The molecule has 0 aliphatic rings. The lowest BCUT2D eigenvalue weighted by Crippen LogP contribution is -2.03. The van der Waals surface area contributed by atoms with E-state index in [4.69, 9.17) is 9.47 Å². The summed E-state index contributed by atoms with van der Waals surface area (Å²) in [4.78, 5) is 11.8. The van der Waals surface area contributed by atoms with Crippen LogP contribution in [0.1, 0.15) is 30.1 Å². The number of carbonyl (C=O) groups excluding carboxylic acids is 1. The SMILES string of the molecule is CCCC(=O)c1cccc(OC)c1OC. The van der Waals surface area contributed by atoms with Crippen molar-refractivity contribution in [1.29, 1.82) is 0 Å². The van der Waals surface area contributed by atoms with Gasteiger partial charge in [-0.3, -0.25) is 4.79 Å². The summed E-state index contributed by atoms with van der Waals surface area (Å²) in [7, 11) is 3.10. The van der Waals surface area contributed by atoms with Gasteiger partial charge >= 0.3 is 0 Å². The van der Waals surface area contributed by atoms with Crippen molar-refractivity contribution in [2.75, 3.05) is 14.2 Å². The van der Waals surface area contributed by atoms with E-state index in [1.54, 1.807) is 32.4 Å². The molecule has 0 bridgehead atoms. The van der Waals surface area contributed by atoms with Crippen LogP contribution in [0.15, 0.2) is 18.2 Å². The zero-order valence-corrected chi connectivity index (χ0v) is 9.37. The van der Waals surface area contributed by atoms with Crippen LogP contribution in [0.4, 0.5) is 0 Å². The second-order valence-electron chi connectivity index (χ2n) is 3.21. The number of hydrogen-bond acceptors (Lipinski definition) is 3. The minimum Gasteiger partial charge on any atom is -0.493 e. The second-order valence-corrected chi connectivity index (χ2v) is 3.21. The van der Waals surface area contributed by atoms with E-state index < -0.39 is 0 Å². The van der Waals surface area contributed by atoms with Crippen molar-refractivity contribution in [3.63, 3.8) is 0 Å². The Kier molecular flexibility index (Phi) is 4.16. The Labute approximate surface area is 90.0 Å². The lowest BCUT2D eigenvalue weighted by molar-refractivity contribution is 0.0978. The molecule has 3 heteroatoms. The van der Waals surface area contributed by atoms with Crippen LogP contribution in [0.2, 0.25) is 0 Å². The normalized spacial score (nSPS) is 9.80. The fraction of sp³-hybridized carbons (Fsp3) is 0.417. The van der Waals surface area contributed by atoms with E-state index in [9.17, 15) is 4.79 Å². The molecule has 0 aromatic heterocycles. The number of ketones is 1. The number of ether oxygens (including phenoxy) is 2. The summed E-state index contributed by atoms with van der Waals surface area (Å²) in [6, 6.07) is 5.34. The number of carbonyl (C=O) groups is 1. The third-order valence-corrected chi connectivity index (χ3v) is 2.18. The lowest BCUT2D eigenvalue weighted by atomic mass is 10.1. The highest BCUT2D eigenvalue weighted by Gasteiger charge is 2.14. The molecule has 0 unspecified atom stereocenters. The van der Waals surface area contributed by atoms with Crippen LogP contribution in [0.5, 0.6) is 11.5 Å². The molecule has 1 rings (SSSR count). The zero-order valence-electron chi connectivity index (χ0n) is 9.37. The molecule has 0 fully saturated rings. The van der Waals surface area contributed by atoms with Gasteiger partial charge in [-0.15, -0.1) is 0 Å². The Morgan fingerprint density at radius 3 is 2.53 bits per heavy atom. The number of hydrogen-bond donors (Lipinski definition) is 0. The van der Waals surface area contributed by atoms with Gasteiger partial charge in [0, 0.05) is 6.42 Å². The average Bonchev–Trinajstić information content (AvgIpc) is 2.28. The van der Waals surface area contributed by atoms with E-state index in [1.807, 2.05) is 6.92 Å². The molecule has 1 aromatic rings. The third-order valence-electron chi connectivity index (χ3n) is 2.18. The number of benzene rings is 1. The maximum Gasteiger partial charge on any atom is 0.171 e. The van der Waals surface area contributed by atoms with Crippen molar-refractivity contribution in [1.82, 2.24) is 0 Å². The van der Waals surface area contributed by atoms with Gasteiger partial charge in [0.1, 0.15) is 0 Å². The van der Waals surface area contributed by atoms with Gasteiger partial charge in [0.2, 0.25) is 0 Å². The quantitative estimate of drug-likeness (QED) is 0.698. The van der Waals surface area contributed by atoms with Crippen molar-refractivity contribution in [2.45, 2.75) is 19.8 Å². The maximum absolute atomic E-state index is 11.8. The number of methoxy groups -OCH3 is 2. The number of para-hydroxylation sites is 1. The molecule has 0 radical (unpaired) electrons. The molecular weight excluding hydrogens is 192 g/mol. The van der Waals surface area contributed by atoms with Gasteiger partial charge in [0.15, 0.2) is 17.3 Å². The number of Topliss-reactive ketones (excluding diaryl/α,β-unsaturated/α-hetero) is 1. The number of rotatable bonds is 5. The Hall–Kier alpha value is -1.51. The fourth-order valence-corrected chi connectivity index (χ4v) is 1.47. The summed E-state index contributed by atoms with van der Waals surface area (Å²) in [5.41, 5.74) is 0.596. The van der Waals surface area contributed by atoms with Gasteiger partial charge in [0.05, 0.1) is 19.8 Å². The lowest BCUT2D eigenvalue weighted by Gasteiger charge is -2.11. The van der Waals surface area contributed by atoms with Crippen molar-refractivity contribution >= 4 is 5.78 Å². The topological polar surface area (TPSA) is 35.5 Å². The largest absolute Gasteiger partial charge is 0.493 e. The molecule has 1 aromatic carbocycles. The van der Waals surface area contributed by atoms with Crippen molar-refractivity contribution in [2.24, 2.45) is 0 Å². The predicted molar refractivity (Wildman–Crippen MR) is 58.8 cm³/mol. The van der Waals surface area contributed by atoms with E-state index in [0.29, 0.717) is 23.5 Å². The van der Waals surface area contributed by atoms with Crippen LogP contribution >= 0.6 is 0 Å². The van der Waals surface area contributed by atoms with Crippen LogP contribution in [0, 0.1) is 0 Å². The van der Waals surface area contributed by atoms with Gasteiger partial charge in [-0.1, -0.05) is 13.0 Å². The Balaban J connectivity index is 3.11. The molecule has 0 spiro atoms. The van der Waals surface area contributed by atoms with Crippen molar-refractivity contribution < 1.29 is 14.3 Å². The van der Waals surface area contributed by atoms with Crippen LogP contribution in [-0.2, 0) is 0 Å². The third kappa shape index (κ3) is 2.49. The van der Waals surface area contributed by atoms with Crippen LogP contribution in [-0.4, -0.2) is 20.0 Å². The smallest absolute Gasteiger partial charge is 0.171 e. The van der Waals surface area contributed by atoms with Gasteiger partial charge in [0.25, 0.3) is 0 Å². The molecule has 0 saturated carbocycles. The molecule has 0 aliphatic carbocycles. The Morgan fingerprint density at radius 1 is 1.27 bits per heavy atom. The van der Waals surface area contributed by atoms with E-state index >= 15 is 0 Å². The van der Waals surface area contributed by atoms with Gasteiger partial charge < -0.3 is 9.47 Å². The summed E-state index contributed by atoms with van der Waals surface area (Å²) in [5, 5.41) is 0. The molecule has 0 heterocycles. The maximum atomic E-state index is 11.8. The van der Waals surface area contributed by atoms with E-state index in [1.165, 1.54) is 0 Å². The second kappa shape index (κ2) is 5.39. The Morgan fingerprint density at radius 2 is 2.00 bits per heavy atom. The van der Waals surface area contributed by atoms with Crippen LogP contribution in [0.3, 0.4) is 0 Å². The summed E-state index contributed by atoms with van der Waals surface area (Å²) in [6.45, 7) is 1.98. The van der Waals surface area contributed by atoms with E-state index in [-0.39, 0.29) is 5.78 Å². The highest BCUT2D eigenvalue weighted by molar-refractivity contribution is 5.99. The van der Waals surface area contributed by atoms with E-state index in [0.717, 1.165) is 6.42 Å². The molecule has 0 aliphatic heterocycles. The summed E-state index contributed by atoms with van der Waals surface area (Å²) in [5.74, 6) is 1.21. The summed E-state index contributed by atoms with van der Waals surface area (Å²) in [6.07, 6.45) is 1.36. The predicted octanol–water partition coefficient (Wildman–Crippen LogP) is 2.69. The molecule has 0 atom stereocenters. The fourth-order valence-electron chi connectivity index (χ4n) is 1.47. The molecule has 3 nitrogen and oxygen atoms in total. The minimum atomic E-state index is 0.0910. The average molecular weight is 208 g/mol. The first kappa shape index (κ1) is 11.6. The minimum absolute atomic E-state index is 0.0910. The van der Waals surface area contributed by atoms with Crippen LogP contribution < -0.4 is 9.47 Å². The molecular formula is C12H16O3. The van der Waals surface area contributed by atoms with Gasteiger partial charge in [-0.2, -0.15) is 0 Å². The molecule has 15 heavy (non-hydrogen) atoms. The molecule has 0 amide bonds. The highest BCUT2D eigenvalue weighted by atomic mass is 16.5. The van der Waals surface area contributed by atoms with Gasteiger partial charge in [-0.05, 0) is 18.6 Å². The van der Waals surface area contributed by atoms with Crippen LogP contribution in [0.25, 0.3) is 0 Å². The first-order valence-electron chi connectivity index (χ1n) is 4.98. The van der Waals surface area contributed by atoms with Crippen molar-refractivity contribution in [3.8, 4) is 11.5 Å². The molecule has 0 N–H and O–H groups in total. The summed E-state index contributed by atoms with van der Waals surface area (Å²) < 4.78 is 10.3. The highest BCUT2D eigenvalue weighted by Crippen LogP contribution is 2.31. The molecule has 82 valence electrons. The summed E-state index contributed by atoms with van der Waals surface area (Å²) >= 11 is 0. The first-order chi connectivity index (χ1) is 7.24. The Bertz CT molecular complexity index is 345. The monoisotopic (exact) mass is 208 g/mol. The molecule has 0 saturated heterocycles. The standard InChI is InChI=1S/C12H16O3/c1-4-6-10(13)9-7-5-8-11(14-2)12(9)15-3/h5,7-8H,4,6H2,1-3H3. The van der Waals surface area contributed by atoms with Crippen molar-refractivity contribution in [3.05, 3.63) is 23.8 Å². The first-order valence-corrected chi connectivity index (χ1v) is 4.98. The zero-order chi connectivity index (χ0) is 11.3.